The van der Waals surface area contributed by atoms with E-state index in [0.717, 1.165) is 41.2 Å². The Hall–Kier alpha value is -3.20. The summed E-state index contributed by atoms with van der Waals surface area (Å²) in [7, 11) is 0. The van der Waals surface area contributed by atoms with E-state index in [9.17, 15) is 0 Å². The number of benzene rings is 2. The molecule has 8 nitrogen and oxygen atoms in total. The van der Waals surface area contributed by atoms with Crippen molar-refractivity contribution in [1.82, 2.24) is 35.0 Å². The Labute approximate surface area is 192 Å². The molecule has 4 rings (SSSR count). The van der Waals surface area contributed by atoms with Crippen molar-refractivity contribution < 1.29 is 4.74 Å². The van der Waals surface area contributed by atoms with Gasteiger partial charge in [-0.3, -0.25) is 0 Å². The van der Waals surface area contributed by atoms with E-state index in [-0.39, 0.29) is 5.25 Å². The fraction of sp³-hybridized carbons (Fsp3) is 0.348. The molecule has 2 heterocycles. The van der Waals surface area contributed by atoms with Gasteiger partial charge in [-0.05, 0) is 54.0 Å². The fourth-order valence-corrected chi connectivity index (χ4v) is 4.18. The summed E-state index contributed by atoms with van der Waals surface area (Å²) in [6, 6.07) is 19.7. The monoisotopic (exact) mass is 449 g/mol. The normalized spacial score (nSPS) is 12.2. The van der Waals surface area contributed by atoms with Gasteiger partial charge in [-0.2, -0.15) is 4.68 Å². The van der Waals surface area contributed by atoms with E-state index in [4.69, 9.17) is 4.74 Å². The number of aromatic nitrogens is 7. The molecule has 0 aliphatic carbocycles. The molecule has 1 atom stereocenters. The average Bonchev–Trinajstić information content (AvgIpc) is 3.45. The summed E-state index contributed by atoms with van der Waals surface area (Å²) < 4.78 is 9.86. The predicted octanol–water partition coefficient (Wildman–Crippen LogP) is 4.73. The van der Waals surface area contributed by atoms with Crippen molar-refractivity contribution in [2.45, 2.75) is 50.8 Å². The van der Waals surface area contributed by atoms with Crippen LogP contribution in [0.5, 0.6) is 5.75 Å². The number of para-hydroxylation sites is 2. The number of hydrogen-bond donors (Lipinski definition) is 0. The third-order valence-corrected chi connectivity index (χ3v) is 6.05. The molecule has 0 amide bonds. The second kappa shape index (κ2) is 10.4. The molecule has 0 bridgehead atoms. The third-order valence-electron chi connectivity index (χ3n) is 4.97. The van der Waals surface area contributed by atoms with E-state index in [1.54, 1.807) is 16.4 Å². The molecule has 0 spiro atoms. The molecule has 2 aromatic carbocycles. The highest BCUT2D eigenvalue weighted by Gasteiger charge is 2.22. The molecule has 0 fully saturated rings. The minimum absolute atomic E-state index is 0.0184. The smallest absolute Gasteiger partial charge is 0.192 e. The van der Waals surface area contributed by atoms with Gasteiger partial charge in [0, 0.05) is 6.54 Å². The summed E-state index contributed by atoms with van der Waals surface area (Å²) in [5, 5.41) is 22.1. The van der Waals surface area contributed by atoms with Crippen molar-refractivity contribution >= 4 is 11.8 Å². The molecule has 166 valence electrons. The molecule has 4 aromatic rings. The molecule has 0 saturated heterocycles. The van der Waals surface area contributed by atoms with Crippen molar-refractivity contribution in [3.63, 3.8) is 0 Å². The lowest BCUT2D eigenvalue weighted by atomic mass is 10.1. The van der Waals surface area contributed by atoms with Crippen LogP contribution in [0, 0.1) is 5.92 Å². The number of hydrogen-bond acceptors (Lipinski definition) is 7. The highest BCUT2D eigenvalue weighted by molar-refractivity contribution is 7.99. The summed E-state index contributed by atoms with van der Waals surface area (Å²) in [5.41, 5.74) is 0.929. The number of nitrogens with zero attached hydrogens (tertiary/aromatic N) is 7. The molecule has 0 radical (unpaired) electrons. The number of tetrazole rings is 1. The van der Waals surface area contributed by atoms with E-state index in [1.165, 1.54) is 0 Å². The van der Waals surface area contributed by atoms with Gasteiger partial charge in [0.05, 0.1) is 10.9 Å². The van der Waals surface area contributed by atoms with Crippen LogP contribution in [0.25, 0.3) is 5.69 Å². The van der Waals surface area contributed by atoms with E-state index in [0.29, 0.717) is 12.5 Å². The summed E-state index contributed by atoms with van der Waals surface area (Å²) in [6.45, 7) is 7.71. The first-order chi connectivity index (χ1) is 15.6. The van der Waals surface area contributed by atoms with E-state index in [2.05, 4.69) is 51.1 Å². The first kappa shape index (κ1) is 22.0. The van der Waals surface area contributed by atoms with Gasteiger partial charge in [-0.1, -0.05) is 62.0 Å². The van der Waals surface area contributed by atoms with Crippen molar-refractivity contribution in [3.05, 3.63) is 72.3 Å². The number of thioether (sulfide) groups is 1. The molecule has 9 heteroatoms. The molecular formula is C23H27N7OS. The molecular weight excluding hydrogens is 422 g/mol. The zero-order chi connectivity index (χ0) is 22.3. The molecule has 0 N–H and O–H groups in total. The van der Waals surface area contributed by atoms with Crippen LogP contribution in [0.2, 0.25) is 0 Å². The lowest BCUT2D eigenvalue weighted by Crippen LogP contribution is -2.11. The Kier molecular flexibility index (Phi) is 7.16. The van der Waals surface area contributed by atoms with Crippen LogP contribution in [0.4, 0.5) is 0 Å². The van der Waals surface area contributed by atoms with E-state index >= 15 is 0 Å². The van der Waals surface area contributed by atoms with Gasteiger partial charge in [0.25, 0.3) is 0 Å². The minimum Gasteiger partial charge on any atom is -0.486 e. The van der Waals surface area contributed by atoms with Crippen LogP contribution in [0.15, 0.2) is 65.8 Å². The Morgan fingerprint density at radius 3 is 2.34 bits per heavy atom. The zero-order valence-electron chi connectivity index (χ0n) is 18.5. The van der Waals surface area contributed by atoms with Gasteiger partial charge < -0.3 is 9.30 Å². The minimum atomic E-state index is -0.0184. The van der Waals surface area contributed by atoms with Crippen molar-refractivity contribution in [2.24, 2.45) is 5.92 Å². The number of ether oxygens (including phenoxy) is 1. The van der Waals surface area contributed by atoms with Crippen LogP contribution in [-0.2, 0) is 13.2 Å². The maximum Gasteiger partial charge on any atom is 0.192 e. The van der Waals surface area contributed by atoms with E-state index in [1.807, 2.05) is 60.7 Å². The summed E-state index contributed by atoms with van der Waals surface area (Å²) in [6.07, 6.45) is 1.03. The molecule has 0 saturated carbocycles. The standard InChI is InChI=1S/C23H27N7OS/c1-17(2)14-15-29-21(16-31-20-12-8-5-9-13-20)24-26-23(29)32-18(3)22-25-27-28-30(22)19-10-6-4-7-11-19/h4-13,17-18H,14-16H2,1-3H3. The van der Waals surface area contributed by atoms with Gasteiger partial charge in [-0.25, -0.2) is 0 Å². The molecule has 0 aliphatic rings. The second-order valence-corrected chi connectivity index (χ2v) is 9.19. The first-order valence-electron chi connectivity index (χ1n) is 10.7. The third kappa shape index (κ3) is 5.34. The average molecular weight is 450 g/mol. The van der Waals surface area contributed by atoms with Crippen LogP contribution in [0.1, 0.15) is 44.1 Å². The SMILES string of the molecule is CC(C)CCn1c(COc2ccccc2)nnc1SC(C)c1nnnn1-c1ccccc1. The van der Waals surface area contributed by atoms with Crippen molar-refractivity contribution in [2.75, 3.05) is 0 Å². The van der Waals surface area contributed by atoms with Crippen LogP contribution >= 0.6 is 11.8 Å². The fourth-order valence-electron chi connectivity index (χ4n) is 3.20. The quantitative estimate of drug-likeness (QED) is 0.324. The first-order valence-corrected chi connectivity index (χ1v) is 11.6. The van der Waals surface area contributed by atoms with E-state index < -0.39 is 0 Å². The van der Waals surface area contributed by atoms with Gasteiger partial charge in [0.2, 0.25) is 0 Å². The van der Waals surface area contributed by atoms with Gasteiger partial charge in [-0.15, -0.1) is 15.3 Å². The second-order valence-electron chi connectivity index (χ2n) is 7.88. The summed E-state index contributed by atoms with van der Waals surface area (Å²) in [5.74, 6) is 2.96. The van der Waals surface area contributed by atoms with Gasteiger partial charge in [0.15, 0.2) is 16.8 Å². The summed E-state index contributed by atoms with van der Waals surface area (Å²) in [4.78, 5) is 0. The molecule has 2 aromatic heterocycles. The molecule has 0 aliphatic heterocycles. The molecule has 1 unspecified atom stereocenters. The Balaban J connectivity index is 1.54. The van der Waals surface area contributed by atoms with Crippen molar-refractivity contribution in [3.8, 4) is 11.4 Å². The maximum atomic E-state index is 5.94. The zero-order valence-corrected chi connectivity index (χ0v) is 19.3. The van der Waals surface area contributed by atoms with Crippen molar-refractivity contribution in [1.29, 1.82) is 0 Å². The number of rotatable bonds is 10. The van der Waals surface area contributed by atoms with Gasteiger partial charge >= 0.3 is 0 Å². The molecule has 32 heavy (non-hydrogen) atoms. The van der Waals surface area contributed by atoms with Crippen LogP contribution in [-0.4, -0.2) is 35.0 Å². The van der Waals surface area contributed by atoms with Crippen LogP contribution < -0.4 is 4.74 Å². The lowest BCUT2D eigenvalue weighted by Gasteiger charge is -2.14. The van der Waals surface area contributed by atoms with Gasteiger partial charge in [0.1, 0.15) is 12.4 Å². The maximum absolute atomic E-state index is 5.94. The summed E-state index contributed by atoms with van der Waals surface area (Å²) >= 11 is 1.60. The lowest BCUT2D eigenvalue weighted by molar-refractivity contribution is 0.285. The largest absolute Gasteiger partial charge is 0.486 e. The Bertz CT molecular complexity index is 1110. The topological polar surface area (TPSA) is 83.5 Å². The highest BCUT2D eigenvalue weighted by atomic mass is 32.2. The predicted molar refractivity (Wildman–Crippen MR) is 124 cm³/mol. The highest BCUT2D eigenvalue weighted by Crippen LogP contribution is 2.34. The van der Waals surface area contributed by atoms with Crippen LogP contribution in [0.3, 0.4) is 0 Å². The Morgan fingerprint density at radius 2 is 1.62 bits per heavy atom. The Morgan fingerprint density at radius 1 is 0.906 bits per heavy atom.